The van der Waals surface area contributed by atoms with E-state index in [1.807, 2.05) is 13.8 Å². The molecule has 0 atom stereocenters. The number of hydrogen-bond acceptors (Lipinski definition) is 2. The van der Waals surface area contributed by atoms with Gasteiger partial charge in [-0.15, -0.1) is 0 Å². The van der Waals surface area contributed by atoms with Crippen molar-refractivity contribution < 1.29 is 27.0 Å². The van der Waals surface area contributed by atoms with Crippen LogP contribution in [0.15, 0.2) is 24.3 Å². The Morgan fingerprint density at radius 1 is 0.615 bits per heavy atom. The summed E-state index contributed by atoms with van der Waals surface area (Å²) in [5.74, 6) is -5.50. The Bertz CT molecular complexity index is 684. The fourth-order valence-electron chi connectivity index (χ4n) is 2.36. The molecule has 2 aromatic rings. The van der Waals surface area contributed by atoms with Crippen LogP contribution in [0.25, 0.3) is 11.1 Å². The van der Waals surface area contributed by atoms with Crippen LogP contribution in [-0.2, 0) is 0 Å². The van der Waals surface area contributed by atoms with Gasteiger partial charge in [0.05, 0.1) is 13.2 Å². The van der Waals surface area contributed by atoms with Crippen molar-refractivity contribution in [3.05, 3.63) is 47.5 Å². The van der Waals surface area contributed by atoms with Crippen molar-refractivity contribution in [3.63, 3.8) is 0 Å². The third-order valence-corrected chi connectivity index (χ3v) is 3.89. The molecule has 6 heteroatoms. The molecule has 0 bridgehead atoms. The zero-order valence-corrected chi connectivity index (χ0v) is 14.9. The Balaban J connectivity index is 2.30. The van der Waals surface area contributed by atoms with Crippen LogP contribution < -0.4 is 9.47 Å². The number of unbranched alkanes of at least 4 members (excludes halogenated alkanes) is 2. The largest absolute Gasteiger partial charge is 0.490 e. The van der Waals surface area contributed by atoms with Gasteiger partial charge >= 0.3 is 0 Å². The zero-order chi connectivity index (χ0) is 19.1. The minimum absolute atomic E-state index is 0.249. The molecular weight excluding hydrogens is 348 g/mol. The molecule has 2 nitrogen and oxygen atoms in total. The normalized spacial score (nSPS) is 10.8. The maximum absolute atomic E-state index is 14.3. The van der Waals surface area contributed by atoms with E-state index in [4.69, 9.17) is 9.47 Å². The highest BCUT2D eigenvalue weighted by Crippen LogP contribution is 2.34. The lowest BCUT2D eigenvalue weighted by Crippen LogP contribution is -2.03. The zero-order valence-electron chi connectivity index (χ0n) is 14.9. The van der Waals surface area contributed by atoms with Gasteiger partial charge in [-0.1, -0.05) is 26.7 Å². The molecule has 0 aliphatic heterocycles. The molecular formula is C20H22F4O2. The molecule has 0 unspecified atom stereocenters. The highest BCUT2D eigenvalue weighted by molar-refractivity contribution is 5.67. The van der Waals surface area contributed by atoms with Crippen LogP contribution in [0.1, 0.15) is 39.5 Å². The topological polar surface area (TPSA) is 18.5 Å². The summed E-state index contributed by atoms with van der Waals surface area (Å²) < 4.78 is 67.3. The summed E-state index contributed by atoms with van der Waals surface area (Å²) in [6, 6.07) is 4.78. The Labute approximate surface area is 150 Å². The monoisotopic (exact) mass is 370 g/mol. The SMILES string of the molecule is CCCCOc1ccc(-c2ccc(OCCCC)c(F)c2F)c(F)c1F. The van der Waals surface area contributed by atoms with Crippen molar-refractivity contribution in [1.82, 2.24) is 0 Å². The van der Waals surface area contributed by atoms with Crippen LogP contribution in [0.3, 0.4) is 0 Å². The van der Waals surface area contributed by atoms with Gasteiger partial charge in [0.25, 0.3) is 0 Å². The Kier molecular flexibility index (Phi) is 7.30. The van der Waals surface area contributed by atoms with E-state index in [0.29, 0.717) is 12.8 Å². The van der Waals surface area contributed by atoms with Gasteiger partial charge in [-0.25, -0.2) is 8.78 Å². The van der Waals surface area contributed by atoms with Crippen LogP contribution in [0.4, 0.5) is 17.6 Å². The molecule has 0 aliphatic carbocycles. The van der Waals surface area contributed by atoms with E-state index in [2.05, 4.69) is 0 Å². The average Bonchev–Trinajstić information content (AvgIpc) is 2.63. The molecule has 0 heterocycles. The van der Waals surface area contributed by atoms with E-state index in [1.165, 1.54) is 24.3 Å². The van der Waals surface area contributed by atoms with Gasteiger partial charge in [-0.05, 0) is 37.1 Å². The number of benzene rings is 2. The molecule has 0 aliphatic rings. The summed E-state index contributed by atoms with van der Waals surface area (Å²) in [5.41, 5.74) is -0.747. The van der Waals surface area contributed by atoms with E-state index in [0.717, 1.165) is 12.8 Å². The van der Waals surface area contributed by atoms with E-state index >= 15 is 0 Å². The van der Waals surface area contributed by atoms with Gasteiger partial charge in [0.15, 0.2) is 23.1 Å². The highest BCUT2D eigenvalue weighted by atomic mass is 19.2. The van der Waals surface area contributed by atoms with Crippen LogP contribution in [-0.4, -0.2) is 13.2 Å². The molecule has 2 rings (SSSR count). The standard InChI is InChI=1S/C20H22F4O2/c1-3-5-11-25-15-9-7-13(17(21)19(15)23)14-8-10-16(20(24)18(14)22)26-12-6-4-2/h7-10H,3-6,11-12H2,1-2H3. The van der Waals surface area contributed by atoms with E-state index in [1.54, 1.807) is 0 Å². The second-order valence-corrected chi connectivity index (χ2v) is 5.88. The summed E-state index contributed by atoms with van der Waals surface area (Å²) in [6.07, 6.45) is 3.09. The van der Waals surface area contributed by atoms with E-state index in [9.17, 15) is 17.6 Å². The molecule has 0 amide bonds. The Morgan fingerprint density at radius 2 is 1.00 bits per heavy atom. The summed E-state index contributed by atoms with van der Waals surface area (Å²) >= 11 is 0. The van der Waals surface area contributed by atoms with Crippen LogP contribution >= 0.6 is 0 Å². The van der Waals surface area contributed by atoms with Gasteiger partial charge < -0.3 is 9.47 Å². The number of ether oxygens (including phenoxy) is 2. The van der Waals surface area contributed by atoms with Crippen molar-refractivity contribution in [2.24, 2.45) is 0 Å². The maximum Gasteiger partial charge on any atom is 0.201 e. The van der Waals surface area contributed by atoms with Crippen LogP contribution in [0, 0.1) is 23.3 Å². The molecule has 0 saturated heterocycles. The first-order valence-electron chi connectivity index (χ1n) is 8.73. The Morgan fingerprint density at radius 3 is 1.35 bits per heavy atom. The summed E-state index contributed by atoms with van der Waals surface area (Å²) in [6.45, 7) is 4.38. The van der Waals surface area contributed by atoms with Gasteiger partial charge in [-0.3, -0.25) is 0 Å². The molecule has 0 aromatic heterocycles. The first-order chi connectivity index (χ1) is 12.5. The van der Waals surface area contributed by atoms with Gasteiger partial charge in [0.1, 0.15) is 0 Å². The van der Waals surface area contributed by atoms with E-state index < -0.39 is 23.3 Å². The maximum atomic E-state index is 14.3. The van der Waals surface area contributed by atoms with Crippen molar-refractivity contribution in [2.75, 3.05) is 13.2 Å². The first-order valence-corrected chi connectivity index (χ1v) is 8.73. The van der Waals surface area contributed by atoms with Gasteiger partial charge in [0, 0.05) is 11.1 Å². The second-order valence-electron chi connectivity index (χ2n) is 5.88. The number of rotatable bonds is 9. The quantitative estimate of drug-likeness (QED) is 0.383. The number of hydrogen-bond donors (Lipinski definition) is 0. The van der Waals surface area contributed by atoms with Crippen LogP contribution in [0.2, 0.25) is 0 Å². The van der Waals surface area contributed by atoms with Crippen LogP contribution in [0.5, 0.6) is 11.5 Å². The third-order valence-electron chi connectivity index (χ3n) is 3.89. The number of halogens is 4. The van der Waals surface area contributed by atoms with Crippen molar-refractivity contribution in [1.29, 1.82) is 0 Å². The lowest BCUT2D eigenvalue weighted by molar-refractivity contribution is 0.288. The molecule has 0 spiro atoms. The molecule has 26 heavy (non-hydrogen) atoms. The van der Waals surface area contributed by atoms with Gasteiger partial charge in [0.2, 0.25) is 11.6 Å². The minimum Gasteiger partial charge on any atom is -0.490 e. The molecule has 142 valence electrons. The summed E-state index contributed by atoms with van der Waals surface area (Å²) in [5, 5.41) is 0. The molecule has 0 radical (unpaired) electrons. The van der Waals surface area contributed by atoms with Crippen molar-refractivity contribution >= 4 is 0 Å². The van der Waals surface area contributed by atoms with Crippen molar-refractivity contribution in [3.8, 4) is 22.6 Å². The average molecular weight is 370 g/mol. The third kappa shape index (κ3) is 4.48. The van der Waals surface area contributed by atoms with Crippen molar-refractivity contribution in [2.45, 2.75) is 39.5 Å². The molecule has 0 N–H and O–H groups in total. The lowest BCUT2D eigenvalue weighted by atomic mass is 10.0. The molecule has 2 aromatic carbocycles. The van der Waals surface area contributed by atoms with Gasteiger partial charge in [-0.2, -0.15) is 8.78 Å². The lowest BCUT2D eigenvalue weighted by Gasteiger charge is -2.13. The molecule has 0 saturated carbocycles. The van der Waals surface area contributed by atoms with E-state index in [-0.39, 0.29) is 35.8 Å². The predicted molar refractivity (Wildman–Crippen MR) is 92.5 cm³/mol. The summed E-state index contributed by atoms with van der Waals surface area (Å²) in [4.78, 5) is 0. The first kappa shape index (κ1) is 20.1. The highest BCUT2D eigenvalue weighted by Gasteiger charge is 2.21. The minimum atomic E-state index is -1.28. The molecule has 0 fully saturated rings. The second kappa shape index (κ2) is 9.46. The summed E-state index contributed by atoms with van der Waals surface area (Å²) in [7, 11) is 0. The fraction of sp³-hybridized carbons (Fsp3) is 0.400. The fourth-order valence-corrected chi connectivity index (χ4v) is 2.36. The Hall–Kier alpha value is -2.24. The smallest absolute Gasteiger partial charge is 0.201 e. The predicted octanol–water partition coefficient (Wildman–Crippen LogP) is 6.27.